The smallest absolute Gasteiger partial charge is 0.277 e. The lowest BCUT2D eigenvalue weighted by Crippen LogP contribution is -2.60. The number of nitrogens with zero attached hydrogens (tertiary/aromatic N) is 2. The van der Waals surface area contributed by atoms with Gasteiger partial charge in [0.05, 0.1) is 16.6 Å². The van der Waals surface area contributed by atoms with Crippen LogP contribution in [0.2, 0.25) is 5.02 Å². The summed E-state index contributed by atoms with van der Waals surface area (Å²) in [6.45, 7) is 2.35. The normalized spacial score (nSPS) is 21.2. The molecule has 0 aliphatic carbocycles. The lowest BCUT2D eigenvalue weighted by molar-refractivity contribution is -0.160. The molecule has 2 N–H and O–H groups in total. The van der Waals surface area contributed by atoms with E-state index in [-0.39, 0.29) is 22.5 Å². The molecule has 2 aliphatic heterocycles. The van der Waals surface area contributed by atoms with E-state index in [2.05, 4.69) is 21.2 Å². The maximum absolute atomic E-state index is 13.9. The van der Waals surface area contributed by atoms with Gasteiger partial charge in [-0.1, -0.05) is 29.8 Å². The highest BCUT2D eigenvalue weighted by molar-refractivity contribution is 9.10. The van der Waals surface area contributed by atoms with Crippen LogP contribution in [0.5, 0.6) is 0 Å². The Morgan fingerprint density at radius 3 is 2.59 bits per heavy atom. The monoisotopic (exact) mass is 525 g/mol. The van der Waals surface area contributed by atoms with Crippen molar-refractivity contribution in [1.82, 2.24) is 10.0 Å². The fraction of sp³-hybridized carbons (Fsp3) is 0.273. The maximum Gasteiger partial charge on any atom is 0.277 e. The molecule has 0 unspecified atom stereocenters. The molecule has 32 heavy (non-hydrogen) atoms. The molecule has 0 radical (unpaired) electrons. The van der Waals surface area contributed by atoms with Gasteiger partial charge in [0.1, 0.15) is 23.0 Å². The van der Waals surface area contributed by atoms with Gasteiger partial charge in [-0.2, -0.15) is 0 Å². The van der Waals surface area contributed by atoms with Gasteiger partial charge < -0.3 is 10.4 Å². The lowest BCUT2D eigenvalue weighted by atomic mass is 9.90. The van der Waals surface area contributed by atoms with Gasteiger partial charge >= 0.3 is 0 Å². The van der Waals surface area contributed by atoms with Crippen LogP contribution in [0.1, 0.15) is 25.3 Å². The summed E-state index contributed by atoms with van der Waals surface area (Å²) in [4.78, 5) is 26.4. The molecule has 0 saturated carbocycles. The molecule has 2 amide bonds. The number of rotatable bonds is 4. The van der Waals surface area contributed by atoms with Gasteiger partial charge in [0.2, 0.25) is 0 Å². The number of hydrogen-bond acceptors (Lipinski definition) is 4. The van der Waals surface area contributed by atoms with E-state index in [1.807, 2.05) is 0 Å². The Labute approximate surface area is 196 Å². The average molecular weight is 527 g/mol. The maximum atomic E-state index is 13.9. The molecule has 1 atom stereocenters. The summed E-state index contributed by atoms with van der Waals surface area (Å²) in [6, 6.07) is 8.86. The molecule has 4 rings (SSSR count). The number of carbonyl (C=O) groups is 2. The van der Waals surface area contributed by atoms with Crippen molar-refractivity contribution in [1.29, 1.82) is 0 Å². The summed E-state index contributed by atoms with van der Waals surface area (Å²) in [6.07, 6.45) is 1.22. The number of aliphatic hydroxyl groups is 1. The molecule has 2 heterocycles. The van der Waals surface area contributed by atoms with Gasteiger partial charge in [-0.15, -0.1) is 0 Å². The van der Waals surface area contributed by atoms with E-state index in [0.717, 1.165) is 12.1 Å². The first-order valence-corrected chi connectivity index (χ1v) is 11.0. The minimum absolute atomic E-state index is 0.0969. The number of hydrazine groups is 1. The topological polar surface area (TPSA) is 72.9 Å². The van der Waals surface area contributed by atoms with Crippen LogP contribution in [0.25, 0.3) is 0 Å². The lowest BCUT2D eigenvalue weighted by Gasteiger charge is -2.46. The SMILES string of the molecule is C[C@]12CCCN1N(Cc1ccccc1Cl)C(=O)C(C(=O)Nc1cc(F)c(Br)c(F)c1)=C2O. The highest BCUT2D eigenvalue weighted by Gasteiger charge is 2.52. The van der Waals surface area contributed by atoms with Gasteiger partial charge in [-0.3, -0.25) is 14.6 Å². The van der Waals surface area contributed by atoms with Crippen molar-refractivity contribution >= 4 is 45.0 Å². The summed E-state index contributed by atoms with van der Waals surface area (Å²) in [5.74, 6) is -3.88. The van der Waals surface area contributed by atoms with E-state index in [9.17, 15) is 23.5 Å². The predicted molar refractivity (Wildman–Crippen MR) is 119 cm³/mol. The molecule has 0 bridgehead atoms. The van der Waals surface area contributed by atoms with Gasteiger partial charge in [0.15, 0.2) is 0 Å². The Balaban J connectivity index is 1.71. The van der Waals surface area contributed by atoms with Crippen LogP contribution in [0.15, 0.2) is 52.2 Å². The Morgan fingerprint density at radius 2 is 1.94 bits per heavy atom. The molecular formula is C22H19BrClF2N3O3. The molecular weight excluding hydrogens is 508 g/mol. The van der Waals surface area contributed by atoms with Gasteiger partial charge in [0.25, 0.3) is 11.8 Å². The second-order valence-corrected chi connectivity index (χ2v) is 9.09. The van der Waals surface area contributed by atoms with Crippen LogP contribution >= 0.6 is 27.5 Å². The average Bonchev–Trinajstić information content (AvgIpc) is 3.14. The third kappa shape index (κ3) is 3.78. The highest BCUT2D eigenvalue weighted by Crippen LogP contribution is 2.42. The predicted octanol–water partition coefficient (Wildman–Crippen LogP) is 4.94. The summed E-state index contributed by atoms with van der Waals surface area (Å²) in [5.41, 5.74) is -0.952. The van der Waals surface area contributed by atoms with Crippen LogP contribution in [-0.4, -0.2) is 39.0 Å². The van der Waals surface area contributed by atoms with Crippen LogP contribution in [0, 0.1) is 11.6 Å². The van der Waals surface area contributed by atoms with Crippen molar-refractivity contribution in [3.63, 3.8) is 0 Å². The summed E-state index contributed by atoms with van der Waals surface area (Å²) < 4.78 is 27.4. The third-order valence-corrected chi connectivity index (χ3v) is 6.96. The van der Waals surface area contributed by atoms with E-state index >= 15 is 0 Å². The van der Waals surface area contributed by atoms with E-state index < -0.39 is 34.6 Å². The zero-order chi connectivity index (χ0) is 23.2. The first-order chi connectivity index (χ1) is 15.1. The first-order valence-electron chi connectivity index (χ1n) is 9.86. The van der Waals surface area contributed by atoms with Gasteiger partial charge in [-0.25, -0.2) is 13.8 Å². The highest BCUT2D eigenvalue weighted by atomic mass is 79.9. The number of hydrogen-bond donors (Lipinski definition) is 2. The van der Waals surface area contributed by atoms with Crippen LogP contribution < -0.4 is 5.32 Å². The number of amides is 2. The Bertz CT molecular complexity index is 1140. The zero-order valence-electron chi connectivity index (χ0n) is 17.0. The Hall–Kier alpha value is -2.49. The fourth-order valence-electron chi connectivity index (χ4n) is 4.16. The van der Waals surface area contributed by atoms with Crippen LogP contribution in [0.3, 0.4) is 0 Å². The molecule has 2 aromatic rings. The minimum Gasteiger partial charge on any atom is -0.509 e. The number of halogens is 4. The molecule has 0 spiro atoms. The van der Waals surface area contributed by atoms with Crippen LogP contribution in [0.4, 0.5) is 14.5 Å². The van der Waals surface area contributed by atoms with Crippen molar-refractivity contribution in [2.24, 2.45) is 0 Å². The van der Waals surface area contributed by atoms with E-state index in [0.29, 0.717) is 30.0 Å². The zero-order valence-corrected chi connectivity index (χ0v) is 19.3. The number of fused-ring (bicyclic) bond motifs is 1. The van der Waals surface area contributed by atoms with E-state index in [4.69, 9.17) is 11.6 Å². The van der Waals surface area contributed by atoms with Crippen molar-refractivity contribution < 1.29 is 23.5 Å². The largest absolute Gasteiger partial charge is 0.509 e. The van der Waals surface area contributed by atoms with E-state index in [1.165, 1.54) is 5.01 Å². The number of aliphatic hydroxyl groups excluding tert-OH is 1. The molecule has 0 aromatic heterocycles. The standard InChI is InChI=1S/C22H19BrClF2N3O3/c1-22-7-4-8-29(22)28(11-12-5-2-3-6-14(12)24)21(32)17(19(22)30)20(31)27-13-9-15(25)18(23)16(26)10-13/h2-3,5-6,9-10,30H,4,7-8,11H2,1H3,(H,27,31)/t22-/m1/s1. The van der Waals surface area contributed by atoms with Gasteiger partial charge in [-0.05, 0) is 59.5 Å². The Morgan fingerprint density at radius 1 is 1.28 bits per heavy atom. The van der Waals surface area contributed by atoms with E-state index in [1.54, 1.807) is 36.2 Å². The fourth-order valence-corrected chi connectivity index (χ4v) is 4.58. The van der Waals surface area contributed by atoms with Gasteiger partial charge in [0, 0.05) is 17.3 Å². The number of benzene rings is 2. The second kappa shape index (κ2) is 8.46. The van der Waals surface area contributed by atoms with Crippen LogP contribution in [-0.2, 0) is 16.1 Å². The second-order valence-electron chi connectivity index (χ2n) is 7.89. The molecule has 1 saturated heterocycles. The first kappa shape index (κ1) is 22.7. The molecule has 6 nitrogen and oxygen atoms in total. The molecule has 2 aliphatic rings. The number of anilines is 1. The summed E-state index contributed by atoms with van der Waals surface area (Å²) >= 11 is 9.04. The summed E-state index contributed by atoms with van der Waals surface area (Å²) in [7, 11) is 0. The van der Waals surface area contributed by atoms with Crippen molar-refractivity contribution in [3.05, 3.63) is 74.4 Å². The Kier molecular flexibility index (Phi) is 6.00. The summed E-state index contributed by atoms with van der Waals surface area (Å²) in [5, 5.41) is 16.9. The molecule has 1 fully saturated rings. The van der Waals surface area contributed by atoms with Crippen molar-refractivity contribution in [3.8, 4) is 0 Å². The number of nitrogens with one attached hydrogen (secondary N) is 1. The molecule has 2 aromatic carbocycles. The minimum atomic E-state index is -0.974. The third-order valence-electron chi connectivity index (χ3n) is 5.84. The van der Waals surface area contributed by atoms with Crippen molar-refractivity contribution in [2.45, 2.75) is 31.8 Å². The van der Waals surface area contributed by atoms with Crippen molar-refractivity contribution in [2.75, 3.05) is 11.9 Å². The molecule has 10 heteroatoms. The molecule has 168 valence electrons. The quantitative estimate of drug-likeness (QED) is 0.437. The number of carbonyl (C=O) groups excluding carboxylic acids is 2.